The fourth-order valence-corrected chi connectivity index (χ4v) is 3.89. The Morgan fingerprint density at radius 1 is 1.28 bits per heavy atom. The number of sulfonamides is 1. The lowest BCUT2D eigenvalue weighted by atomic mass is 10.1. The Labute approximate surface area is 110 Å². The first-order valence-electron chi connectivity index (χ1n) is 7.06. The van der Waals surface area contributed by atoms with Gasteiger partial charge in [0.05, 0.1) is 5.75 Å². The van der Waals surface area contributed by atoms with Gasteiger partial charge in [-0.05, 0) is 39.2 Å². The van der Waals surface area contributed by atoms with Gasteiger partial charge >= 0.3 is 0 Å². The Bertz CT molecular complexity index is 344. The number of nitrogens with one attached hydrogen (secondary N) is 2. The fraction of sp³-hybridized carbons (Fsp3) is 1.00. The molecule has 0 amide bonds. The minimum atomic E-state index is -2.98. The highest BCUT2D eigenvalue weighted by molar-refractivity contribution is 7.89. The van der Waals surface area contributed by atoms with Crippen molar-refractivity contribution >= 4 is 10.0 Å². The highest BCUT2D eigenvalue weighted by atomic mass is 32.2. The Kier molecular flexibility index (Phi) is 5.00. The molecule has 0 bridgehead atoms. The lowest BCUT2D eigenvalue weighted by molar-refractivity contribution is 0.285. The maximum atomic E-state index is 11.7. The summed E-state index contributed by atoms with van der Waals surface area (Å²) in [5.41, 5.74) is 0. The van der Waals surface area contributed by atoms with Crippen LogP contribution in [0.2, 0.25) is 0 Å². The third-order valence-electron chi connectivity index (χ3n) is 4.03. The molecule has 18 heavy (non-hydrogen) atoms. The van der Waals surface area contributed by atoms with Gasteiger partial charge in [-0.3, -0.25) is 0 Å². The molecule has 0 aliphatic carbocycles. The van der Waals surface area contributed by atoms with Crippen LogP contribution in [0.3, 0.4) is 0 Å². The summed E-state index contributed by atoms with van der Waals surface area (Å²) in [6.45, 7) is 5.22. The molecule has 0 aromatic heterocycles. The van der Waals surface area contributed by atoms with Crippen LogP contribution in [0, 0.1) is 0 Å². The van der Waals surface area contributed by atoms with Gasteiger partial charge < -0.3 is 10.6 Å². The quantitative estimate of drug-likeness (QED) is 0.749. The highest BCUT2D eigenvalue weighted by Crippen LogP contribution is 2.14. The first kappa shape index (κ1) is 14.2. The van der Waals surface area contributed by atoms with Gasteiger partial charge in [0.1, 0.15) is 0 Å². The van der Waals surface area contributed by atoms with Gasteiger partial charge in [0.25, 0.3) is 0 Å². The van der Waals surface area contributed by atoms with Crippen LogP contribution < -0.4 is 10.6 Å². The lowest BCUT2D eigenvalue weighted by Crippen LogP contribution is -2.47. The molecule has 2 aliphatic rings. The molecule has 0 aromatic rings. The highest BCUT2D eigenvalue weighted by Gasteiger charge is 2.26. The smallest absolute Gasteiger partial charge is 0.213 e. The van der Waals surface area contributed by atoms with Crippen molar-refractivity contribution in [1.29, 1.82) is 0 Å². The summed E-state index contributed by atoms with van der Waals surface area (Å²) in [7, 11) is -2.98. The molecule has 0 saturated carbocycles. The van der Waals surface area contributed by atoms with Crippen molar-refractivity contribution in [3.05, 3.63) is 0 Å². The van der Waals surface area contributed by atoms with Crippen LogP contribution in [0.25, 0.3) is 0 Å². The molecule has 2 N–H and O–H groups in total. The zero-order chi connectivity index (χ0) is 13.0. The predicted octanol–water partition coefficient (Wildman–Crippen LogP) is 0.142. The van der Waals surface area contributed by atoms with Gasteiger partial charge in [0.15, 0.2) is 0 Å². The molecule has 0 spiro atoms. The number of rotatable bonds is 5. The normalized spacial score (nSPS) is 27.7. The number of nitrogens with zero attached hydrogens (tertiary/aromatic N) is 1. The summed E-state index contributed by atoms with van der Waals surface area (Å²) in [6, 6.07) is 1.10. The first-order chi connectivity index (χ1) is 8.62. The molecule has 106 valence electrons. The van der Waals surface area contributed by atoms with E-state index in [-0.39, 0.29) is 5.75 Å². The molecule has 2 rings (SSSR count). The number of hydrogen-bond acceptors (Lipinski definition) is 4. The summed E-state index contributed by atoms with van der Waals surface area (Å²) in [5.74, 6) is 0.219. The third-order valence-corrected chi connectivity index (χ3v) is 5.91. The Balaban J connectivity index is 1.70. The Morgan fingerprint density at radius 2 is 2.00 bits per heavy atom. The van der Waals surface area contributed by atoms with Gasteiger partial charge in [0.2, 0.25) is 10.0 Å². The second kappa shape index (κ2) is 6.32. The minimum Gasteiger partial charge on any atom is -0.313 e. The average molecular weight is 275 g/mol. The Morgan fingerprint density at radius 3 is 2.56 bits per heavy atom. The van der Waals surface area contributed by atoms with E-state index in [1.54, 1.807) is 11.2 Å². The third kappa shape index (κ3) is 3.66. The maximum absolute atomic E-state index is 11.7. The zero-order valence-corrected chi connectivity index (χ0v) is 12.0. The van der Waals surface area contributed by atoms with E-state index in [4.69, 9.17) is 0 Å². The minimum absolute atomic E-state index is 0.219. The van der Waals surface area contributed by atoms with Gasteiger partial charge in [0, 0.05) is 31.7 Å². The molecular weight excluding hydrogens is 250 g/mol. The molecular formula is C12H25N3O2S. The van der Waals surface area contributed by atoms with E-state index in [2.05, 4.69) is 10.6 Å². The molecule has 0 aromatic carbocycles. The van der Waals surface area contributed by atoms with Crippen molar-refractivity contribution in [3.8, 4) is 0 Å². The molecule has 5 nitrogen and oxygen atoms in total. The van der Waals surface area contributed by atoms with Crippen LogP contribution in [0.4, 0.5) is 0 Å². The first-order valence-corrected chi connectivity index (χ1v) is 8.67. The van der Waals surface area contributed by atoms with Gasteiger partial charge in [-0.15, -0.1) is 0 Å². The van der Waals surface area contributed by atoms with Crippen LogP contribution in [0.1, 0.15) is 32.6 Å². The van der Waals surface area contributed by atoms with Crippen LogP contribution in [-0.4, -0.2) is 56.7 Å². The molecule has 0 radical (unpaired) electrons. The molecule has 6 heteroatoms. The van der Waals surface area contributed by atoms with E-state index in [9.17, 15) is 8.42 Å². The molecule has 2 aliphatic heterocycles. The van der Waals surface area contributed by atoms with Gasteiger partial charge in [-0.25, -0.2) is 12.7 Å². The standard InChI is InChI=1S/C12H25N3O2S/c1-2-18(16,17)15-8-5-11(6-9-15)14-10-12-4-3-7-13-12/h11-14H,2-10H2,1H3. The van der Waals surface area contributed by atoms with E-state index < -0.39 is 10.0 Å². The van der Waals surface area contributed by atoms with Gasteiger partial charge in [-0.1, -0.05) is 0 Å². The van der Waals surface area contributed by atoms with E-state index in [0.29, 0.717) is 25.2 Å². The molecule has 1 atom stereocenters. The Hall–Kier alpha value is -0.170. The van der Waals surface area contributed by atoms with Crippen molar-refractivity contribution in [3.63, 3.8) is 0 Å². The summed E-state index contributed by atoms with van der Waals surface area (Å²) < 4.78 is 25.1. The molecule has 2 heterocycles. The van der Waals surface area contributed by atoms with Crippen molar-refractivity contribution in [2.24, 2.45) is 0 Å². The van der Waals surface area contributed by atoms with E-state index in [1.807, 2.05) is 0 Å². The molecule has 1 unspecified atom stereocenters. The van der Waals surface area contributed by atoms with Crippen molar-refractivity contribution in [2.45, 2.75) is 44.7 Å². The van der Waals surface area contributed by atoms with Crippen LogP contribution in [0.5, 0.6) is 0 Å². The number of hydrogen-bond donors (Lipinski definition) is 2. The second-order valence-electron chi connectivity index (χ2n) is 5.28. The number of piperidine rings is 1. The zero-order valence-electron chi connectivity index (χ0n) is 11.2. The van der Waals surface area contributed by atoms with Crippen LogP contribution in [0.15, 0.2) is 0 Å². The topological polar surface area (TPSA) is 61.4 Å². The van der Waals surface area contributed by atoms with Crippen molar-refractivity contribution in [2.75, 3.05) is 31.9 Å². The van der Waals surface area contributed by atoms with Crippen LogP contribution in [-0.2, 0) is 10.0 Å². The van der Waals surface area contributed by atoms with E-state index in [0.717, 1.165) is 25.9 Å². The summed E-state index contributed by atoms with van der Waals surface area (Å²) in [4.78, 5) is 0. The average Bonchev–Trinajstić information content (AvgIpc) is 2.90. The molecule has 2 saturated heterocycles. The van der Waals surface area contributed by atoms with E-state index in [1.165, 1.54) is 12.8 Å². The monoisotopic (exact) mass is 275 g/mol. The molecule has 2 fully saturated rings. The van der Waals surface area contributed by atoms with Crippen LogP contribution >= 0.6 is 0 Å². The summed E-state index contributed by atoms with van der Waals surface area (Å²) in [6.07, 6.45) is 4.41. The second-order valence-corrected chi connectivity index (χ2v) is 7.53. The van der Waals surface area contributed by atoms with Gasteiger partial charge in [-0.2, -0.15) is 0 Å². The van der Waals surface area contributed by atoms with Crippen molar-refractivity contribution < 1.29 is 8.42 Å². The SMILES string of the molecule is CCS(=O)(=O)N1CCC(NCC2CCCN2)CC1. The summed E-state index contributed by atoms with van der Waals surface area (Å²) >= 11 is 0. The largest absolute Gasteiger partial charge is 0.313 e. The van der Waals surface area contributed by atoms with Crippen molar-refractivity contribution in [1.82, 2.24) is 14.9 Å². The predicted molar refractivity (Wildman–Crippen MR) is 73.1 cm³/mol. The fourth-order valence-electron chi connectivity index (χ4n) is 2.76. The van der Waals surface area contributed by atoms with E-state index >= 15 is 0 Å². The lowest BCUT2D eigenvalue weighted by Gasteiger charge is -2.32. The maximum Gasteiger partial charge on any atom is 0.213 e. The summed E-state index contributed by atoms with van der Waals surface area (Å²) in [5, 5.41) is 7.04.